The summed E-state index contributed by atoms with van der Waals surface area (Å²) >= 11 is 0. The highest BCUT2D eigenvalue weighted by Crippen LogP contribution is 2.35. The third-order valence-electron chi connectivity index (χ3n) is 5.33. The predicted octanol–water partition coefficient (Wildman–Crippen LogP) is 3.81. The molecule has 2 heterocycles. The van der Waals surface area contributed by atoms with Gasteiger partial charge in [0.05, 0.1) is 17.5 Å². The molecular formula is C22H22FN3O5S. The summed E-state index contributed by atoms with van der Waals surface area (Å²) in [5.74, 6) is -0.720. The third-order valence-corrected chi connectivity index (χ3v) is 6.60. The second kappa shape index (κ2) is 8.01. The summed E-state index contributed by atoms with van der Waals surface area (Å²) in [6.45, 7) is 5.06. The van der Waals surface area contributed by atoms with Crippen LogP contribution >= 0.6 is 0 Å². The summed E-state index contributed by atoms with van der Waals surface area (Å²) in [7, 11) is -3.41. The van der Waals surface area contributed by atoms with E-state index in [1.54, 1.807) is 38.1 Å². The summed E-state index contributed by atoms with van der Waals surface area (Å²) in [5, 5.41) is 3.84. The molecule has 2 atom stereocenters. The number of aromatic nitrogens is 2. The first-order chi connectivity index (χ1) is 15.0. The van der Waals surface area contributed by atoms with Gasteiger partial charge in [-0.3, -0.25) is 4.31 Å². The average molecular weight is 459 g/mol. The second-order valence-corrected chi connectivity index (χ2v) is 9.78. The molecule has 0 saturated heterocycles. The number of sulfonamides is 1. The van der Waals surface area contributed by atoms with Crippen LogP contribution in [-0.4, -0.2) is 36.8 Å². The molecular weight excluding hydrogens is 437 g/mol. The van der Waals surface area contributed by atoms with Crippen LogP contribution in [0.3, 0.4) is 0 Å². The van der Waals surface area contributed by atoms with Crippen molar-refractivity contribution in [3.8, 4) is 11.4 Å². The fraction of sp³-hybridized carbons (Fsp3) is 0.318. The molecule has 0 fully saturated rings. The van der Waals surface area contributed by atoms with Crippen LogP contribution in [0.15, 0.2) is 40.9 Å². The molecule has 0 amide bonds. The van der Waals surface area contributed by atoms with Gasteiger partial charge in [0.2, 0.25) is 15.8 Å². The van der Waals surface area contributed by atoms with Crippen LogP contribution in [0.1, 0.15) is 47.3 Å². The van der Waals surface area contributed by atoms with Gasteiger partial charge in [0.25, 0.3) is 5.89 Å². The van der Waals surface area contributed by atoms with Crippen molar-refractivity contribution in [2.24, 2.45) is 0 Å². The number of benzene rings is 2. The number of ether oxygens (including phenoxy) is 1. The number of rotatable bonds is 5. The zero-order valence-corrected chi connectivity index (χ0v) is 18.8. The molecule has 168 valence electrons. The summed E-state index contributed by atoms with van der Waals surface area (Å²) < 4.78 is 49.9. The van der Waals surface area contributed by atoms with Crippen molar-refractivity contribution in [3.63, 3.8) is 0 Å². The molecule has 1 aliphatic rings. The molecule has 0 aliphatic carbocycles. The molecule has 2 aromatic carbocycles. The van der Waals surface area contributed by atoms with Crippen LogP contribution in [0.4, 0.5) is 10.1 Å². The Morgan fingerprint density at radius 1 is 1.28 bits per heavy atom. The second-order valence-electron chi connectivity index (χ2n) is 7.92. The Morgan fingerprint density at radius 3 is 2.72 bits per heavy atom. The number of halogens is 1. The third kappa shape index (κ3) is 4.10. The van der Waals surface area contributed by atoms with E-state index >= 15 is 0 Å². The number of nitrogens with zero attached hydrogens (tertiary/aromatic N) is 3. The maximum Gasteiger partial charge on any atom is 0.338 e. The van der Waals surface area contributed by atoms with Gasteiger partial charge in [-0.2, -0.15) is 4.98 Å². The maximum absolute atomic E-state index is 13.8. The first-order valence-corrected chi connectivity index (χ1v) is 11.8. The summed E-state index contributed by atoms with van der Waals surface area (Å²) in [6, 6.07) is 9.15. The fourth-order valence-electron chi connectivity index (χ4n) is 3.76. The molecule has 3 aromatic rings. The van der Waals surface area contributed by atoms with E-state index in [0.29, 0.717) is 28.8 Å². The van der Waals surface area contributed by atoms with Crippen molar-refractivity contribution in [1.82, 2.24) is 10.1 Å². The lowest BCUT2D eigenvalue weighted by molar-refractivity contribution is 0.0265. The molecule has 1 aromatic heterocycles. The standard InChI is InChI=1S/C22H22FN3O5S/c1-12-5-6-15(11-18(12)23)20-24-21(31-25-20)14(3)30-22(27)16-7-8-19-17(10-16)9-13(2)26(19)32(4,28)29/h5-8,10-11,13-14H,9H2,1-4H3. The van der Waals surface area contributed by atoms with Crippen molar-refractivity contribution in [3.05, 3.63) is 64.8 Å². The summed E-state index contributed by atoms with van der Waals surface area (Å²) in [5.41, 5.74) is 2.56. The van der Waals surface area contributed by atoms with E-state index < -0.39 is 22.1 Å². The van der Waals surface area contributed by atoms with Gasteiger partial charge in [0.15, 0.2) is 6.10 Å². The maximum atomic E-state index is 13.8. The zero-order chi connectivity index (χ0) is 23.2. The summed E-state index contributed by atoms with van der Waals surface area (Å²) in [6.07, 6.45) is 0.824. The predicted molar refractivity (Wildman–Crippen MR) is 115 cm³/mol. The molecule has 32 heavy (non-hydrogen) atoms. The smallest absolute Gasteiger partial charge is 0.338 e. The van der Waals surface area contributed by atoms with Crippen LogP contribution in [0.2, 0.25) is 0 Å². The lowest BCUT2D eigenvalue weighted by Gasteiger charge is -2.21. The highest BCUT2D eigenvalue weighted by molar-refractivity contribution is 7.92. The van der Waals surface area contributed by atoms with Gasteiger partial charge in [-0.15, -0.1) is 0 Å². The van der Waals surface area contributed by atoms with Gasteiger partial charge < -0.3 is 9.26 Å². The Hall–Kier alpha value is -3.27. The number of hydrogen-bond acceptors (Lipinski definition) is 7. The van der Waals surface area contributed by atoms with E-state index in [1.807, 2.05) is 6.92 Å². The molecule has 0 spiro atoms. The van der Waals surface area contributed by atoms with E-state index in [0.717, 1.165) is 11.8 Å². The Bertz CT molecular complexity index is 1300. The van der Waals surface area contributed by atoms with Crippen LogP contribution in [0.25, 0.3) is 11.4 Å². The number of fused-ring (bicyclic) bond motifs is 1. The van der Waals surface area contributed by atoms with Crippen molar-refractivity contribution >= 4 is 21.7 Å². The van der Waals surface area contributed by atoms with E-state index in [2.05, 4.69) is 10.1 Å². The van der Waals surface area contributed by atoms with Gasteiger partial charge in [0.1, 0.15) is 5.82 Å². The Balaban J connectivity index is 1.50. The first-order valence-electron chi connectivity index (χ1n) is 9.98. The van der Waals surface area contributed by atoms with Gasteiger partial charge in [0, 0.05) is 11.6 Å². The van der Waals surface area contributed by atoms with Gasteiger partial charge >= 0.3 is 5.97 Å². The number of anilines is 1. The quantitative estimate of drug-likeness (QED) is 0.535. The van der Waals surface area contributed by atoms with E-state index in [9.17, 15) is 17.6 Å². The lowest BCUT2D eigenvalue weighted by atomic mass is 10.1. The van der Waals surface area contributed by atoms with Gasteiger partial charge in [-0.1, -0.05) is 17.3 Å². The average Bonchev–Trinajstić information content (AvgIpc) is 3.33. The van der Waals surface area contributed by atoms with Gasteiger partial charge in [-0.25, -0.2) is 17.6 Å². The SMILES string of the molecule is Cc1ccc(-c2noc(C(C)OC(=O)c3ccc4c(c3)CC(C)N4S(C)(=O)=O)n2)cc1F. The first kappa shape index (κ1) is 21.9. The minimum Gasteiger partial charge on any atom is -0.449 e. The van der Waals surface area contributed by atoms with Crippen molar-refractivity contribution in [2.45, 2.75) is 39.3 Å². The van der Waals surface area contributed by atoms with Crippen LogP contribution in [-0.2, 0) is 21.2 Å². The highest BCUT2D eigenvalue weighted by atomic mass is 32.2. The Morgan fingerprint density at radius 2 is 2.03 bits per heavy atom. The molecule has 0 N–H and O–H groups in total. The van der Waals surface area contributed by atoms with Gasteiger partial charge in [-0.05, 0) is 62.6 Å². The minimum atomic E-state index is -3.41. The van der Waals surface area contributed by atoms with Crippen molar-refractivity contribution in [1.29, 1.82) is 0 Å². The normalized spacial score (nSPS) is 16.7. The van der Waals surface area contributed by atoms with Crippen molar-refractivity contribution in [2.75, 3.05) is 10.6 Å². The van der Waals surface area contributed by atoms with E-state index in [-0.39, 0.29) is 23.6 Å². The number of carbonyl (C=O) groups is 1. The molecule has 2 unspecified atom stereocenters. The Kier molecular flexibility index (Phi) is 5.49. The van der Waals surface area contributed by atoms with Crippen LogP contribution < -0.4 is 4.31 Å². The fourth-order valence-corrected chi connectivity index (χ4v) is 5.03. The number of hydrogen-bond donors (Lipinski definition) is 0. The molecule has 1 aliphatic heterocycles. The molecule has 10 heteroatoms. The minimum absolute atomic E-state index is 0.0763. The van der Waals surface area contributed by atoms with Crippen molar-refractivity contribution < 1.29 is 26.9 Å². The lowest BCUT2D eigenvalue weighted by Crippen LogP contribution is -2.34. The number of esters is 1. The molecule has 0 saturated carbocycles. The topological polar surface area (TPSA) is 103 Å². The largest absolute Gasteiger partial charge is 0.449 e. The number of carbonyl (C=O) groups excluding carboxylic acids is 1. The van der Waals surface area contributed by atoms with Crippen LogP contribution in [0.5, 0.6) is 0 Å². The summed E-state index contributed by atoms with van der Waals surface area (Å²) in [4.78, 5) is 16.9. The zero-order valence-electron chi connectivity index (χ0n) is 18.0. The molecule has 0 bridgehead atoms. The number of aryl methyl sites for hydroxylation is 1. The molecule has 0 radical (unpaired) electrons. The van der Waals surface area contributed by atoms with E-state index in [4.69, 9.17) is 9.26 Å². The Labute approximate surface area is 185 Å². The van der Waals surface area contributed by atoms with Crippen LogP contribution in [0, 0.1) is 12.7 Å². The molecule has 4 rings (SSSR count). The van der Waals surface area contributed by atoms with E-state index in [1.165, 1.54) is 16.4 Å². The highest BCUT2D eigenvalue weighted by Gasteiger charge is 2.33. The monoisotopic (exact) mass is 459 g/mol. The molecule has 8 nitrogen and oxygen atoms in total.